The summed E-state index contributed by atoms with van der Waals surface area (Å²) in [6.45, 7) is 10.7. The minimum atomic E-state index is -1.03. The van der Waals surface area contributed by atoms with Crippen LogP contribution in [0.3, 0.4) is 0 Å². The van der Waals surface area contributed by atoms with Crippen molar-refractivity contribution in [1.82, 2.24) is 0 Å². The molecule has 142 valence electrons. The Kier molecular flexibility index (Phi) is 5.84. The minimum Gasteiger partial charge on any atom is -0.461 e. The molecular formula is C20H25FO5. The fourth-order valence-electron chi connectivity index (χ4n) is 3.49. The molecule has 0 aromatic heterocycles. The zero-order chi connectivity index (χ0) is 19.6. The zero-order valence-corrected chi connectivity index (χ0v) is 15.6. The zero-order valence-electron chi connectivity index (χ0n) is 15.6. The fourth-order valence-corrected chi connectivity index (χ4v) is 3.49. The van der Waals surface area contributed by atoms with E-state index in [0.29, 0.717) is 12.0 Å². The molecule has 5 nitrogen and oxygen atoms in total. The van der Waals surface area contributed by atoms with Crippen LogP contribution >= 0.6 is 0 Å². The molecular weight excluding hydrogens is 339 g/mol. The van der Waals surface area contributed by atoms with Crippen LogP contribution in [0.5, 0.6) is 0 Å². The largest absolute Gasteiger partial charge is 0.461 e. The van der Waals surface area contributed by atoms with E-state index in [1.165, 1.54) is 0 Å². The molecule has 1 fully saturated rings. The highest BCUT2D eigenvalue weighted by Gasteiger charge is 2.62. The quantitative estimate of drug-likeness (QED) is 0.393. The maximum atomic E-state index is 13.9. The topological polar surface area (TPSA) is 69.7 Å². The van der Waals surface area contributed by atoms with E-state index in [4.69, 9.17) is 4.74 Å². The van der Waals surface area contributed by atoms with Gasteiger partial charge < -0.3 is 9.47 Å². The Balaban J connectivity index is 2.06. The number of hydrogen-bond acceptors (Lipinski definition) is 5. The van der Waals surface area contributed by atoms with Crippen molar-refractivity contribution in [1.29, 1.82) is 0 Å². The third-order valence-electron chi connectivity index (χ3n) is 5.23. The number of esters is 2. The Morgan fingerprint density at radius 2 is 2.04 bits per heavy atom. The Hall–Kier alpha value is -2.24. The van der Waals surface area contributed by atoms with Gasteiger partial charge >= 0.3 is 11.9 Å². The van der Waals surface area contributed by atoms with Crippen molar-refractivity contribution >= 4 is 17.7 Å². The van der Waals surface area contributed by atoms with Gasteiger partial charge in [-0.25, -0.2) is 4.79 Å². The lowest BCUT2D eigenvalue weighted by molar-refractivity contribution is -0.150. The summed E-state index contributed by atoms with van der Waals surface area (Å²) in [5.74, 6) is -3.57. The number of carbonyl (C=O) groups excluding carboxylic acids is 3. The monoisotopic (exact) mass is 364 g/mol. The molecule has 0 radical (unpaired) electrons. The normalized spacial score (nSPS) is 27.3. The van der Waals surface area contributed by atoms with Crippen LogP contribution in [0, 0.1) is 17.3 Å². The molecule has 0 spiro atoms. The summed E-state index contributed by atoms with van der Waals surface area (Å²) in [5, 5.41) is 0. The van der Waals surface area contributed by atoms with Crippen molar-refractivity contribution < 1.29 is 28.2 Å². The summed E-state index contributed by atoms with van der Waals surface area (Å²) in [4.78, 5) is 36.0. The van der Waals surface area contributed by atoms with Gasteiger partial charge in [0.15, 0.2) is 5.78 Å². The van der Waals surface area contributed by atoms with E-state index >= 15 is 0 Å². The van der Waals surface area contributed by atoms with Gasteiger partial charge in [0.05, 0.1) is 18.9 Å². The molecule has 0 aromatic carbocycles. The van der Waals surface area contributed by atoms with Crippen LogP contribution in [0.4, 0.5) is 4.39 Å². The van der Waals surface area contributed by atoms with Crippen molar-refractivity contribution in [2.24, 2.45) is 17.3 Å². The third-order valence-corrected chi connectivity index (χ3v) is 5.23. The predicted molar refractivity (Wildman–Crippen MR) is 93.6 cm³/mol. The molecule has 3 atom stereocenters. The number of ether oxygens (including phenoxy) is 2. The number of Topliss-reactive ketones (excluding diaryl/α,β-unsaturated/α-hetero) is 1. The number of carbonyl (C=O) groups is 3. The second-order valence-electron chi connectivity index (χ2n) is 7.27. The van der Waals surface area contributed by atoms with Gasteiger partial charge in [0.25, 0.3) is 0 Å². The van der Waals surface area contributed by atoms with Crippen molar-refractivity contribution in [2.45, 2.75) is 46.6 Å². The minimum absolute atomic E-state index is 0.0416. The van der Waals surface area contributed by atoms with Crippen LogP contribution in [0.15, 0.2) is 35.7 Å². The molecule has 2 rings (SSSR count). The predicted octanol–water partition coefficient (Wildman–Crippen LogP) is 3.45. The van der Waals surface area contributed by atoms with E-state index in [9.17, 15) is 18.8 Å². The standard InChI is InChI=1S/C20H25FO5/c1-6-8-12-11(3)16(10-15(12)22)26-19(24)17-13(20(17,4)5)9-14(21)18(23)25-7-2/h6,9,13,16-17H,1,7-8,10H2,2-5H3/b14-9-/t13-,16-,17-/m0/s1. The Morgan fingerprint density at radius 3 is 2.62 bits per heavy atom. The number of halogens is 1. The van der Waals surface area contributed by atoms with Crippen molar-refractivity contribution in [2.75, 3.05) is 6.61 Å². The molecule has 0 N–H and O–H groups in total. The second-order valence-corrected chi connectivity index (χ2v) is 7.27. The van der Waals surface area contributed by atoms with E-state index in [1.807, 2.05) is 13.8 Å². The van der Waals surface area contributed by atoms with E-state index in [0.717, 1.165) is 11.6 Å². The lowest BCUT2D eigenvalue weighted by atomic mass is 10.1. The first kappa shape index (κ1) is 20.1. The molecule has 0 aromatic rings. The number of allylic oxidation sites excluding steroid dienone is 3. The molecule has 0 saturated heterocycles. The van der Waals surface area contributed by atoms with E-state index in [2.05, 4.69) is 11.3 Å². The average Bonchev–Trinajstić information content (AvgIpc) is 3.00. The summed E-state index contributed by atoms with van der Waals surface area (Å²) < 4.78 is 24.0. The van der Waals surface area contributed by atoms with Gasteiger partial charge in [-0.1, -0.05) is 19.9 Å². The maximum absolute atomic E-state index is 13.9. The first-order chi connectivity index (χ1) is 12.1. The summed E-state index contributed by atoms with van der Waals surface area (Å²) in [6, 6.07) is 0. The highest BCUT2D eigenvalue weighted by atomic mass is 19.1. The first-order valence-corrected chi connectivity index (χ1v) is 8.73. The molecule has 0 aliphatic heterocycles. The SMILES string of the molecule is C=CCC1=C(C)[C@@H](OC(=O)[C@@H]2[C@H](/C=C(\F)C(=O)OCC)C2(C)C)CC1=O. The van der Waals surface area contributed by atoms with E-state index in [1.54, 1.807) is 19.9 Å². The van der Waals surface area contributed by atoms with Crippen LogP contribution in [0.2, 0.25) is 0 Å². The molecule has 0 unspecified atom stereocenters. The Bertz CT molecular complexity index is 701. The number of hydrogen-bond donors (Lipinski definition) is 0. The van der Waals surface area contributed by atoms with Gasteiger partial charge in [0, 0.05) is 5.57 Å². The third kappa shape index (κ3) is 3.79. The lowest BCUT2D eigenvalue weighted by Crippen LogP contribution is -2.20. The molecule has 0 amide bonds. The first-order valence-electron chi connectivity index (χ1n) is 8.73. The molecule has 0 heterocycles. The summed E-state index contributed by atoms with van der Waals surface area (Å²) in [5.41, 5.74) is 0.856. The lowest BCUT2D eigenvalue weighted by Gasteiger charge is -2.13. The summed E-state index contributed by atoms with van der Waals surface area (Å²) in [7, 11) is 0. The van der Waals surface area contributed by atoms with Crippen LogP contribution in [-0.4, -0.2) is 30.4 Å². The fraction of sp³-hybridized carbons (Fsp3) is 0.550. The Morgan fingerprint density at radius 1 is 1.38 bits per heavy atom. The van der Waals surface area contributed by atoms with Gasteiger partial charge in [0.1, 0.15) is 6.10 Å². The average molecular weight is 364 g/mol. The molecule has 6 heteroatoms. The second kappa shape index (κ2) is 7.56. The highest BCUT2D eigenvalue weighted by molar-refractivity contribution is 6.00. The van der Waals surface area contributed by atoms with Crippen LogP contribution < -0.4 is 0 Å². The summed E-state index contributed by atoms with van der Waals surface area (Å²) in [6.07, 6.45) is 2.77. The molecule has 0 bridgehead atoms. The number of rotatable bonds is 7. The van der Waals surface area contributed by atoms with Crippen molar-refractivity contribution in [3.63, 3.8) is 0 Å². The van der Waals surface area contributed by atoms with Gasteiger partial charge in [-0.2, -0.15) is 4.39 Å². The van der Waals surface area contributed by atoms with Crippen LogP contribution in [0.25, 0.3) is 0 Å². The van der Waals surface area contributed by atoms with Crippen LogP contribution in [-0.2, 0) is 23.9 Å². The number of ketones is 1. The van der Waals surface area contributed by atoms with Gasteiger partial charge in [-0.05, 0) is 43.3 Å². The molecule has 26 heavy (non-hydrogen) atoms. The van der Waals surface area contributed by atoms with Crippen molar-refractivity contribution in [3.8, 4) is 0 Å². The molecule has 2 aliphatic carbocycles. The van der Waals surface area contributed by atoms with Crippen LogP contribution in [0.1, 0.15) is 40.5 Å². The Labute approximate surface area is 152 Å². The van der Waals surface area contributed by atoms with Crippen molar-refractivity contribution in [3.05, 3.63) is 35.7 Å². The highest BCUT2D eigenvalue weighted by Crippen LogP contribution is 2.60. The van der Waals surface area contributed by atoms with Gasteiger partial charge in [-0.15, -0.1) is 6.58 Å². The smallest absolute Gasteiger partial charge is 0.366 e. The van der Waals surface area contributed by atoms with E-state index < -0.39 is 41.1 Å². The molecule has 2 aliphatic rings. The molecule has 1 saturated carbocycles. The van der Waals surface area contributed by atoms with E-state index in [-0.39, 0.29) is 18.8 Å². The summed E-state index contributed by atoms with van der Waals surface area (Å²) >= 11 is 0. The van der Waals surface area contributed by atoms with Gasteiger partial charge in [-0.3, -0.25) is 9.59 Å². The maximum Gasteiger partial charge on any atom is 0.366 e. The van der Waals surface area contributed by atoms with Gasteiger partial charge in [0.2, 0.25) is 5.83 Å².